The molecule has 26 heavy (non-hydrogen) atoms. The Morgan fingerprint density at radius 2 is 2.00 bits per heavy atom. The molecular weight excluding hydrogens is 330 g/mol. The van der Waals surface area contributed by atoms with Crippen LogP contribution in [0.4, 0.5) is 16.3 Å². The third-order valence-electron chi connectivity index (χ3n) is 4.00. The number of amides is 1. The van der Waals surface area contributed by atoms with Gasteiger partial charge >= 0.3 is 6.09 Å². The summed E-state index contributed by atoms with van der Waals surface area (Å²) in [7, 11) is 0. The van der Waals surface area contributed by atoms with Crippen molar-refractivity contribution in [3.8, 4) is 5.75 Å². The van der Waals surface area contributed by atoms with Crippen molar-refractivity contribution in [2.45, 2.75) is 39.3 Å². The van der Waals surface area contributed by atoms with Crippen LogP contribution >= 0.6 is 0 Å². The minimum absolute atomic E-state index is 0.0516. The molecule has 1 aromatic carbocycles. The van der Waals surface area contributed by atoms with Crippen LogP contribution in [0.5, 0.6) is 5.75 Å². The number of fused-ring (bicyclic) bond motifs is 1. The Morgan fingerprint density at radius 1 is 1.27 bits per heavy atom. The Hall–Kier alpha value is -2.76. The Labute approximate surface area is 154 Å². The van der Waals surface area contributed by atoms with E-state index in [-0.39, 0.29) is 12.1 Å². The van der Waals surface area contributed by atoms with Gasteiger partial charge in [-0.25, -0.2) is 9.78 Å². The first-order valence-electron chi connectivity index (χ1n) is 8.79. The summed E-state index contributed by atoms with van der Waals surface area (Å²) in [6, 6.07) is 11.9. The number of anilines is 2. The van der Waals surface area contributed by atoms with Crippen LogP contribution in [-0.4, -0.2) is 29.8 Å². The van der Waals surface area contributed by atoms with Crippen LogP contribution in [0.25, 0.3) is 0 Å². The highest BCUT2D eigenvalue weighted by Crippen LogP contribution is 2.38. The molecule has 0 saturated carbocycles. The monoisotopic (exact) mass is 355 g/mol. The van der Waals surface area contributed by atoms with E-state index in [1.54, 1.807) is 17.2 Å². The average Bonchev–Trinajstić information content (AvgIpc) is 2.61. The molecule has 0 unspecified atom stereocenters. The molecule has 1 aliphatic rings. The van der Waals surface area contributed by atoms with Crippen molar-refractivity contribution in [1.29, 1.82) is 0 Å². The van der Waals surface area contributed by atoms with Crippen LogP contribution in [0.2, 0.25) is 0 Å². The summed E-state index contributed by atoms with van der Waals surface area (Å²) < 4.78 is 11.3. The highest BCUT2D eigenvalue weighted by atomic mass is 16.6. The van der Waals surface area contributed by atoms with Gasteiger partial charge in [-0.15, -0.1) is 0 Å². The topological polar surface area (TPSA) is 63.7 Å². The van der Waals surface area contributed by atoms with Crippen molar-refractivity contribution in [1.82, 2.24) is 4.98 Å². The van der Waals surface area contributed by atoms with E-state index >= 15 is 0 Å². The summed E-state index contributed by atoms with van der Waals surface area (Å²) in [5.41, 5.74) is 1.26. The van der Waals surface area contributed by atoms with Gasteiger partial charge in [0.1, 0.15) is 12.2 Å². The van der Waals surface area contributed by atoms with Gasteiger partial charge in [0, 0.05) is 6.20 Å². The van der Waals surface area contributed by atoms with Crippen molar-refractivity contribution in [3.63, 3.8) is 0 Å². The number of hydrogen-bond donors (Lipinski definition) is 1. The number of carbonyl (C=O) groups excluding carboxylic acids is 1. The van der Waals surface area contributed by atoms with Gasteiger partial charge < -0.3 is 14.8 Å². The molecule has 0 radical (unpaired) electrons. The average molecular weight is 355 g/mol. The molecule has 0 spiro atoms. The number of rotatable bonds is 3. The fraction of sp³-hybridized carbons (Fsp3) is 0.400. The Kier molecular flexibility index (Phi) is 5.02. The second kappa shape index (κ2) is 7.23. The summed E-state index contributed by atoms with van der Waals surface area (Å²) >= 11 is 0. The van der Waals surface area contributed by atoms with Crippen LogP contribution in [0.3, 0.4) is 0 Å². The molecule has 0 saturated heterocycles. The number of nitrogens with one attached hydrogen (secondary N) is 1. The Bertz CT molecular complexity index is 772. The van der Waals surface area contributed by atoms with E-state index < -0.39 is 5.60 Å². The smallest absolute Gasteiger partial charge is 0.415 e. The molecule has 2 aromatic rings. The maximum absolute atomic E-state index is 12.5. The molecule has 0 fully saturated rings. The number of benzene rings is 1. The molecule has 2 heterocycles. The van der Waals surface area contributed by atoms with Gasteiger partial charge in [-0.1, -0.05) is 30.3 Å². The van der Waals surface area contributed by atoms with Crippen LogP contribution in [0.15, 0.2) is 42.6 Å². The molecule has 0 bridgehead atoms. The zero-order chi connectivity index (χ0) is 18.7. The predicted molar refractivity (Wildman–Crippen MR) is 102 cm³/mol. The lowest BCUT2D eigenvalue weighted by Gasteiger charge is -2.32. The van der Waals surface area contributed by atoms with Crippen LogP contribution in [-0.2, 0) is 4.74 Å². The lowest BCUT2D eigenvalue weighted by Crippen LogP contribution is -2.41. The van der Waals surface area contributed by atoms with E-state index in [0.29, 0.717) is 30.4 Å². The molecular formula is C20H25N3O3. The van der Waals surface area contributed by atoms with E-state index in [1.807, 2.05) is 39.0 Å². The normalized spacial score (nSPS) is 14.8. The van der Waals surface area contributed by atoms with Crippen LogP contribution < -0.4 is 15.0 Å². The number of pyridine rings is 1. The highest BCUT2D eigenvalue weighted by molar-refractivity contribution is 5.91. The molecule has 1 amide bonds. The predicted octanol–water partition coefficient (Wildman–Crippen LogP) is 4.39. The Morgan fingerprint density at radius 3 is 2.69 bits per heavy atom. The van der Waals surface area contributed by atoms with E-state index in [0.717, 1.165) is 5.56 Å². The summed E-state index contributed by atoms with van der Waals surface area (Å²) in [4.78, 5) is 18.6. The first kappa shape index (κ1) is 18.0. The van der Waals surface area contributed by atoms with Gasteiger partial charge in [0.15, 0.2) is 11.6 Å². The summed E-state index contributed by atoms with van der Waals surface area (Å²) in [5.74, 6) is 1.19. The van der Waals surface area contributed by atoms with Crippen molar-refractivity contribution in [2.75, 3.05) is 23.4 Å². The molecule has 0 aliphatic carbocycles. The quantitative estimate of drug-likeness (QED) is 0.885. The number of carbonyl (C=O) groups is 1. The number of ether oxygens (including phenoxy) is 2. The summed E-state index contributed by atoms with van der Waals surface area (Å²) in [6.07, 6.45) is 1.29. The molecule has 1 atom stereocenters. The first-order valence-corrected chi connectivity index (χ1v) is 8.79. The second-order valence-corrected chi connectivity index (χ2v) is 7.26. The minimum atomic E-state index is -0.550. The number of hydrogen-bond acceptors (Lipinski definition) is 5. The maximum Gasteiger partial charge on any atom is 0.415 e. The molecule has 1 N–H and O–H groups in total. The van der Waals surface area contributed by atoms with E-state index in [9.17, 15) is 4.79 Å². The maximum atomic E-state index is 12.5. The third-order valence-corrected chi connectivity index (χ3v) is 4.00. The lowest BCUT2D eigenvalue weighted by atomic mass is 10.1. The zero-order valence-electron chi connectivity index (χ0n) is 15.7. The highest BCUT2D eigenvalue weighted by Gasteiger charge is 2.30. The van der Waals surface area contributed by atoms with Gasteiger partial charge in [0.25, 0.3) is 0 Å². The SMILES string of the molecule is C[C@@H](Nc1nccc2c1OCCN2C(=O)OC(C)(C)C)c1ccccc1. The van der Waals surface area contributed by atoms with E-state index in [4.69, 9.17) is 9.47 Å². The van der Waals surface area contributed by atoms with Crippen molar-refractivity contribution in [3.05, 3.63) is 48.2 Å². The fourth-order valence-corrected chi connectivity index (χ4v) is 2.79. The number of nitrogens with zero attached hydrogens (tertiary/aromatic N) is 2. The van der Waals surface area contributed by atoms with Crippen molar-refractivity contribution in [2.24, 2.45) is 0 Å². The molecule has 6 heteroatoms. The molecule has 6 nitrogen and oxygen atoms in total. The van der Waals surface area contributed by atoms with E-state index in [2.05, 4.69) is 29.4 Å². The largest absolute Gasteiger partial charge is 0.486 e. The van der Waals surface area contributed by atoms with Crippen molar-refractivity contribution < 1.29 is 14.3 Å². The van der Waals surface area contributed by atoms with Gasteiger partial charge in [0.05, 0.1) is 18.3 Å². The van der Waals surface area contributed by atoms with E-state index in [1.165, 1.54) is 0 Å². The van der Waals surface area contributed by atoms with Crippen LogP contribution in [0, 0.1) is 0 Å². The summed E-state index contributed by atoms with van der Waals surface area (Å²) in [6.45, 7) is 8.46. The standard InChI is InChI=1S/C20H25N3O3/c1-14(15-8-6-5-7-9-15)22-18-17-16(10-11-21-18)23(12-13-25-17)19(24)26-20(2,3)4/h5-11,14H,12-13H2,1-4H3,(H,21,22)/t14-/m1/s1. The Balaban J connectivity index is 1.85. The van der Waals surface area contributed by atoms with Crippen molar-refractivity contribution >= 4 is 17.6 Å². The third kappa shape index (κ3) is 4.07. The lowest BCUT2D eigenvalue weighted by molar-refractivity contribution is 0.0568. The minimum Gasteiger partial charge on any atom is -0.486 e. The first-order chi connectivity index (χ1) is 12.3. The van der Waals surface area contributed by atoms with Gasteiger partial charge in [-0.2, -0.15) is 0 Å². The molecule has 1 aliphatic heterocycles. The molecule has 138 valence electrons. The van der Waals surface area contributed by atoms with Gasteiger partial charge in [-0.3, -0.25) is 4.90 Å². The van der Waals surface area contributed by atoms with Gasteiger partial charge in [-0.05, 0) is 39.3 Å². The van der Waals surface area contributed by atoms with Gasteiger partial charge in [0.2, 0.25) is 0 Å². The second-order valence-electron chi connectivity index (χ2n) is 7.26. The molecule has 1 aromatic heterocycles. The summed E-state index contributed by atoms with van der Waals surface area (Å²) in [5, 5.41) is 3.38. The van der Waals surface area contributed by atoms with Crippen LogP contribution in [0.1, 0.15) is 39.3 Å². The molecule has 3 rings (SSSR count). The number of aromatic nitrogens is 1. The fourth-order valence-electron chi connectivity index (χ4n) is 2.79. The zero-order valence-corrected chi connectivity index (χ0v) is 15.7.